The zero-order valence-electron chi connectivity index (χ0n) is 16.0. The lowest BCUT2D eigenvalue weighted by atomic mass is 10.2. The number of nitrogens with one attached hydrogen (secondary N) is 1. The number of carbonyl (C=O) groups excluding carboxylic acids is 1. The van der Waals surface area contributed by atoms with Gasteiger partial charge in [-0.05, 0) is 43.7 Å². The average molecular weight is 398 g/mol. The van der Waals surface area contributed by atoms with E-state index in [9.17, 15) is 4.79 Å². The maximum absolute atomic E-state index is 12.7. The second-order valence-corrected chi connectivity index (χ2v) is 7.75. The summed E-state index contributed by atoms with van der Waals surface area (Å²) in [4.78, 5) is 22.3. The van der Waals surface area contributed by atoms with Gasteiger partial charge in [-0.1, -0.05) is 30.0 Å². The molecule has 1 aromatic heterocycles. The van der Waals surface area contributed by atoms with Crippen molar-refractivity contribution in [2.45, 2.75) is 25.1 Å². The van der Waals surface area contributed by atoms with Gasteiger partial charge in [0.25, 0.3) is 0 Å². The summed E-state index contributed by atoms with van der Waals surface area (Å²) in [5, 5.41) is 0.760. The van der Waals surface area contributed by atoms with Gasteiger partial charge in [0, 0.05) is 6.54 Å². The largest absolute Gasteiger partial charge is 0.486 e. The highest BCUT2D eigenvalue weighted by atomic mass is 32.2. The van der Waals surface area contributed by atoms with E-state index in [1.165, 1.54) is 17.3 Å². The summed E-state index contributed by atoms with van der Waals surface area (Å²) in [7, 11) is 0. The molecule has 7 heteroatoms. The Bertz CT molecular complexity index is 988. The summed E-state index contributed by atoms with van der Waals surface area (Å²) >= 11 is 1.42. The van der Waals surface area contributed by atoms with E-state index in [1.807, 2.05) is 55.1 Å². The number of rotatable bonds is 6. The van der Waals surface area contributed by atoms with Gasteiger partial charge in [0.15, 0.2) is 22.8 Å². The van der Waals surface area contributed by atoms with Crippen molar-refractivity contribution in [3.63, 3.8) is 0 Å². The van der Waals surface area contributed by atoms with Crippen LogP contribution in [0.2, 0.25) is 0 Å². The maximum Gasteiger partial charge on any atom is 0.233 e. The Morgan fingerprint density at radius 2 is 2.11 bits per heavy atom. The van der Waals surface area contributed by atoms with Crippen LogP contribution in [0.15, 0.2) is 47.6 Å². The minimum Gasteiger partial charge on any atom is -0.486 e. The standard InChI is InChI=1S/C21H23N3O3S/c1-3-24(11-15-12-26-18-6-4-5-7-19(18)27-15)20(25)13-28-21-22-16-9-8-14(2)10-17(16)23-21/h4-10,15H,3,11-13H2,1-2H3,(H,22,23)/t15-/m0/s1. The van der Waals surface area contributed by atoms with Crippen LogP contribution in [-0.4, -0.2) is 52.3 Å². The number of fused-ring (bicyclic) bond motifs is 2. The van der Waals surface area contributed by atoms with Crippen molar-refractivity contribution in [1.82, 2.24) is 14.9 Å². The third-order valence-corrected chi connectivity index (χ3v) is 5.53. The summed E-state index contributed by atoms with van der Waals surface area (Å²) in [5.41, 5.74) is 3.09. The van der Waals surface area contributed by atoms with E-state index in [-0.39, 0.29) is 12.0 Å². The number of likely N-dealkylation sites (N-methyl/N-ethyl adjacent to an activating group) is 1. The molecule has 0 unspecified atom stereocenters. The fourth-order valence-electron chi connectivity index (χ4n) is 3.20. The van der Waals surface area contributed by atoms with Gasteiger partial charge in [0.2, 0.25) is 5.91 Å². The summed E-state index contributed by atoms with van der Waals surface area (Å²) < 4.78 is 11.7. The molecule has 0 aliphatic carbocycles. The Morgan fingerprint density at radius 3 is 2.93 bits per heavy atom. The molecule has 1 aliphatic heterocycles. The molecule has 6 nitrogen and oxygen atoms in total. The predicted octanol–water partition coefficient (Wildman–Crippen LogP) is 3.65. The van der Waals surface area contributed by atoms with Crippen LogP contribution in [0.25, 0.3) is 11.0 Å². The van der Waals surface area contributed by atoms with Crippen LogP contribution in [0.1, 0.15) is 12.5 Å². The van der Waals surface area contributed by atoms with Crippen LogP contribution >= 0.6 is 11.8 Å². The number of imidazole rings is 1. The van der Waals surface area contributed by atoms with Crippen LogP contribution in [0, 0.1) is 6.92 Å². The van der Waals surface area contributed by atoms with E-state index in [4.69, 9.17) is 9.47 Å². The summed E-state index contributed by atoms with van der Waals surface area (Å²) in [6.07, 6.45) is -0.169. The lowest BCUT2D eigenvalue weighted by Gasteiger charge is -2.30. The van der Waals surface area contributed by atoms with Crippen molar-refractivity contribution in [3.8, 4) is 11.5 Å². The monoisotopic (exact) mass is 397 g/mol. The molecule has 3 aromatic rings. The highest BCUT2D eigenvalue weighted by Crippen LogP contribution is 2.31. The number of aryl methyl sites for hydroxylation is 1. The van der Waals surface area contributed by atoms with Gasteiger partial charge < -0.3 is 19.4 Å². The maximum atomic E-state index is 12.7. The number of para-hydroxylation sites is 2. The highest BCUT2D eigenvalue weighted by molar-refractivity contribution is 7.99. The van der Waals surface area contributed by atoms with Gasteiger partial charge in [0.05, 0.1) is 23.3 Å². The quantitative estimate of drug-likeness (QED) is 0.643. The molecule has 146 valence electrons. The van der Waals surface area contributed by atoms with Gasteiger partial charge in [0.1, 0.15) is 6.61 Å². The molecule has 0 radical (unpaired) electrons. The molecule has 0 bridgehead atoms. The molecular weight excluding hydrogens is 374 g/mol. The Kier molecular flexibility index (Phi) is 5.43. The first-order valence-corrected chi connectivity index (χ1v) is 10.4. The number of nitrogens with zero attached hydrogens (tertiary/aromatic N) is 2. The highest BCUT2D eigenvalue weighted by Gasteiger charge is 2.25. The van der Waals surface area contributed by atoms with Crippen molar-refractivity contribution < 1.29 is 14.3 Å². The smallest absolute Gasteiger partial charge is 0.233 e. The molecule has 4 rings (SSSR count). The minimum atomic E-state index is -0.169. The number of ether oxygens (including phenoxy) is 2. The molecule has 0 saturated carbocycles. The van der Waals surface area contributed by atoms with E-state index in [1.54, 1.807) is 0 Å². The van der Waals surface area contributed by atoms with E-state index >= 15 is 0 Å². The average Bonchev–Trinajstić information content (AvgIpc) is 3.12. The van der Waals surface area contributed by atoms with Gasteiger partial charge in [-0.25, -0.2) is 4.98 Å². The zero-order valence-corrected chi connectivity index (χ0v) is 16.8. The molecule has 2 aromatic carbocycles. The van der Waals surface area contributed by atoms with Gasteiger partial charge in [-0.3, -0.25) is 4.79 Å². The van der Waals surface area contributed by atoms with Crippen LogP contribution in [0.4, 0.5) is 0 Å². The Labute approximate surface area is 168 Å². The molecule has 28 heavy (non-hydrogen) atoms. The van der Waals surface area contributed by atoms with Crippen LogP contribution in [0.3, 0.4) is 0 Å². The van der Waals surface area contributed by atoms with Crippen molar-refractivity contribution in [1.29, 1.82) is 0 Å². The first kappa shape index (κ1) is 18.7. The van der Waals surface area contributed by atoms with Crippen molar-refractivity contribution >= 4 is 28.7 Å². The molecular formula is C21H23N3O3S. The summed E-state index contributed by atoms with van der Waals surface area (Å²) in [6, 6.07) is 13.7. The Hall–Kier alpha value is -2.67. The first-order chi connectivity index (χ1) is 13.6. The molecule has 0 fully saturated rings. The summed E-state index contributed by atoms with van der Waals surface area (Å²) in [5.74, 6) is 1.88. The van der Waals surface area contributed by atoms with Crippen LogP contribution < -0.4 is 9.47 Å². The Morgan fingerprint density at radius 1 is 1.29 bits per heavy atom. The molecule has 0 spiro atoms. The third-order valence-electron chi connectivity index (χ3n) is 4.67. The van der Waals surface area contributed by atoms with Crippen LogP contribution in [0.5, 0.6) is 11.5 Å². The van der Waals surface area contributed by atoms with E-state index in [0.29, 0.717) is 25.4 Å². The van der Waals surface area contributed by atoms with E-state index in [0.717, 1.165) is 27.7 Å². The van der Waals surface area contributed by atoms with E-state index in [2.05, 4.69) is 16.0 Å². The van der Waals surface area contributed by atoms with Crippen molar-refractivity contribution in [3.05, 3.63) is 48.0 Å². The topological polar surface area (TPSA) is 67.5 Å². The van der Waals surface area contributed by atoms with Gasteiger partial charge in [-0.15, -0.1) is 0 Å². The molecule has 2 heterocycles. The van der Waals surface area contributed by atoms with Crippen LogP contribution in [-0.2, 0) is 4.79 Å². The number of amides is 1. The first-order valence-electron chi connectivity index (χ1n) is 9.38. The molecule has 1 atom stereocenters. The number of aromatic nitrogens is 2. The predicted molar refractivity (Wildman–Crippen MR) is 110 cm³/mol. The number of thioether (sulfide) groups is 1. The number of benzene rings is 2. The van der Waals surface area contributed by atoms with E-state index < -0.39 is 0 Å². The minimum absolute atomic E-state index is 0.0617. The summed E-state index contributed by atoms with van der Waals surface area (Å²) in [6.45, 7) is 5.59. The Balaban J connectivity index is 1.34. The zero-order chi connectivity index (χ0) is 19.5. The second kappa shape index (κ2) is 8.14. The molecule has 1 aliphatic rings. The number of carbonyl (C=O) groups is 1. The SMILES string of the molecule is CCN(C[C@H]1COc2ccccc2O1)C(=O)CSc1nc2ccc(C)cc2[nH]1. The number of H-pyrrole nitrogens is 1. The number of aromatic amines is 1. The van der Waals surface area contributed by atoms with Gasteiger partial charge in [-0.2, -0.15) is 0 Å². The molecule has 1 amide bonds. The van der Waals surface area contributed by atoms with Crippen molar-refractivity contribution in [2.75, 3.05) is 25.4 Å². The number of hydrogen-bond acceptors (Lipinski definition) is 5. The lowest BCUT2D eigenvalue weighted by molar-refractivity contribution is -0.129. The molecule has 0 saturated heterocycles. The third kappa shape index (κ3) is 4.09. The lowest BCUT2D eigenvalue weighted by Crippen LogP contribution is -2.44. The molecule has 1 N–H and O–H groups in total. The second-order valence-electron chi connectivity index (χ2n) is 6.78. The van der Waals surface area contributed by atoms with Gasteiger partial charge >= 0.3 is 0 Å². The van der Waals surface area contributed by atoms with Crippen molar-refractivity contribution in [2.24, 2.45) is 0 Å². The number of hydrogen-bond donors (Lipinski definition) is 1. The fraction of sp³-hybridized carbons (Fsp3) is 0.333. The fourth-order valence-corrected chi connectivity index (χ4v) is 3.98. The normalized spacial score (nSPS) is 15.6.